The van der Waals surface area contributed by atoms with Gasteiger partial charge < -0.3 is 9.47 Å². The minimum atomic E-state index is -0.663. The summed E-state index contributed by atoms with van der Waals surface area (Å²) in [7, 11) is 0. The molecule has 0 saturated carbocycles. The second kappa shape index (κ2) is 3.56. The monoisotopic (exact) mass is 211 g/mol. The fraction of sp³-hybridized carbons (Fsp3) is 0.111. The zero-order valence-electron chi connectivity index (χ0n) is 7.47. The smallest absolute Gasteiger partial charge is 0.235 e. The summed E-state index contributed by atoms with van der Waals surface area (Å²) in [6.07, 6.45) is 1.73. The van der Waals surface area contributed by atoms with Crippen molar-refractivity contribution < 1.29 is 18.8 Å². The van der Waals surface area contributed by atoms with Gasteiger partial charge in [0, 0.05) is 17.7 Å². The first-order valence-corrected chi connectivity index (χ1v) is 4.07. The summed E-state index contributed by atoms with van der Waals surface area (Å²) in [5.74, 6) is 0.113. The van der Waals surface area contributed by atoms with E-state index in [2.05, 4.69) is 0 Å². The Labute approximate surface area is 83.9 Å². The van der Waals surface area contributed by atoms with Crippen LogP contribution in [0, 0.1) is 15.9 Å². The first kappa shape index (κ1) is 9.45. The van der Waals surface area contributed by atoms with Crippen molar-refractivity contribution in [2.45, 2.75) is 0 Å². The molecule has 1 aromatic rings. The molecule has 1 aliphatic heterocycles. The lowest BCUT2D eigenvalue weighted by Gasteiger charge is -1.98. The highest BCUT2D eigenvalue weighted by atomic mass is 19.1. The van der Waals surface area contributed by atoms with Gasteiger partial charge in [-0.2, -0.15) is 0 Å². The standard InChI is InChI=1S/C9H6FNO4/c10-7-4-9-8(14-5-15-9)3-6(7)1-2-11(12)13/h1-4H,5H2. The van der Waals surface area contributed by atoms with E-state index in [1.807, 2.05) is 0 Å². The molecule has 0 aromatic heterocycles. The van der Waals surface area contributed by atoms with Crippen LogP contribution in [0.15, 0.2) is 18.3 Å². The van der Waals surface area contributed by atoms with Gasteiger partial charge in [0.1, 0.15) is 5.82 Å². The molecule has 0 amide bonds. The van der Waals surface area contributed by atoms with E-state index < -0.39 is 10.7 Å². The Morgan fingerprint density at radius 3 is 2.73 bits per heavy atom. The molecule has 78 valence electrons. The topological polar surface area (TPSA) is 61.6 Å². The lowest BCUT2D eigenvalue weighted by molar-refractivity contribution is -0.400. The van der Waals surface area contributed by atoms with Crippen LogP contribution in [-0.2, 0) is 0 Å². The van der Waals surface area contributed by atoms with Crippen molar-refractivity contribution in [3.05, 3.63) is 39.8 Å². The molecule has 0 unspecified atom stereocenters. The lowest BCUT2D eigenvalue weighted by atomic mass is 10.2. The zero-order valence-corrected chi connectivity index (χ0v) is 7.47. The first-order valence-electron chi connectivity index (χ1n) is 4.07. The first-order chi connectivity index (χ1) is 7.16. The molecule has 6 heteroatoms. The summed E-state index contributed by atoms with van der Waals surface area (Å²) in [5.41, 5.74) is 0.0935. The SMILES string of the molecule is O=[N+]([O-])C=Cc1cc2c(cc1F)OCO2. The van der Waals surface area contributed by atoms with Crippen LogP contribution in [-0.4, -0.2) is 11.7 Å². The van der Waals surface area contributed by atoms with Gasteiger partial charge in [-0.25, -0.2) is 4.39 Å². The second-order valence-electron chi connectivity index (χ2n) is 2.83. The summed E-state index contributed by atoms with van der Waals surface area (Å²) in [4.78, 5) is 9.40. The van der Waals surface area contributed by atoms with Crippen LogP contribution in [0.4, 0.5) is 4.39 Å². The second-order valence-corrected chi connectivity index (χ2v) is 2.83. The van der Waals surface area contributed by atoms with Crippen LogP contribution in [0.3, 0.4) is 0 Å². The van der Waals surface area contributed by atoms with Gasteiger partial charge in [0.05, 0.1) is 4.92 Å². The van der Waals surface area contributed by atoms with E-state index in [1.54, 1.807) is 0 Å². The molecule has 0 N–H and O–H groups in total. The maximum atomic E-state index is 13.3. The van der Waals surface area contributed by atoms with Gasteiger partial charge in [-0.1, -0.05) is 0 Å². The molecule has 0 atom stereocenters. The van der Waals surface area contributed by atoms with Crippen LogP contribution in [0.2, 0.25) is 0 Å². The average molecular weight is 211 g/mol. The van der Waals surface area contributed by atoms with E-state index in [9.17, 15) is 14.5 Å². The molecule has 5 nitrogen and oxygen atoms in total. The summed E-state index contributed by atoms with van der Waals surface area (Å²) >= 11 is 0. The van der Waals surface area contributed by atoms with Crippen LogP contribution in [0.1, 0.15) is 5.56 Å². The average Bonchev–Trinajstić information content (AvgIpc) is 2.60. The third-order valence-electron chi connectivity index (χ3n) is 1.87. The zero-order chi connectivity index (χ0) is 10.8. The van der Waals surface area contributed by atoms with Gasteiger partial charge in [0.25, 0.3) is 0 Å². The highest BCUT2D eigenvalue weighted by Crippen LogP contribution is 2.34. The Bertz CT molecular complexity index is 444. The number of nitro groups is 1. The summed E-state index contributed by atoms with van der Waals surface area (Å²) in [6, 6.07) is 2.50. The molecule has 0 spiro atoms. The summed E-state index contributed by atoms with van der Waals surface area (Å²) in [5, 5.41) is 10.1. The Kier molecular flexibility index (Phi) is 2.24. The lowest BCUT2D eigenvalue weighted by Crippen LogP contribution is -1.92. The van der Waals surface area contributed by atoms with Gasteiger partial charge in [-0.15, -0.1) is 0 Å². The Balaban J connectivity index is 2.36. The van der Waals surface area contributed by atoms with Crippen molar-refractivity contribution in [2.75, 3.05) is 6.79 Å². The summed E-state index contributed by atoms with van der Waals surface area (Å²) in [6.45, 7) is 0.0389. The van der Waals surface area contributed by atoms with Crippen molar-refractivity contribution >= 4 is 6.08 Å². The molecule has 0 fully saturated rings. The third-order valence-corrected chi connectivity index (χ3v) is 1.87. The molecule has 15 heavy (non-hydrogen) atoms. The minimum absolute atomic E-state index is 0.0389. The fourth-order valence-corrected chi connectivity index (χ4v) is 1.20. The number of rotatable bonds is 2. The van der Waals surface area contributed by atoms with Crippen LogP contribution in [0.5, 0.6) is 11.5 Å². The predicted octanol–water partition coefficient (Wildman–Crippen LogP) is 1.80. The molecular formula is C9H6FNO4. The van der Waals surface area contributed by atoms with Gasteiger partial charge in [-0.3, -0.25) is 10.1 Å². The predicted molar refractivity (Wildman–Crippen MR) is 48.6 cm³/mol. The van der Waals surface area contributed by atoms with Crippen molar-refractivity contribution in [1.29, 1.82) is 0 Å². The molecule has 1 aliphatic rings. The quantitative estimate of drug-likeness (QED) is 0.552. The van der Waals surface area contributed by atoms with Crippen molar-refractivity contribution in [1.82, 2.24) is 0 Å². The molecule has 0 saturated heterocycles. The molecule has 0 bridgehead atoms. The van der Waals surface area contributed by atoms with Gasteiger partial charge >= 0.3 is 0 Å². The summed E-state index contributed by atoms with van der Waals surface area (Å²) < 4.78 is 23.2. The number of hydrogen-bond donors (Lipinski definition) is 0. The number of halogens is 1. The van der Waals surface area contributed by atoms with Crippen molar-refractivity contribution in [3.63, 3.8) is 0 Å². The number of nitrogens with zero attached hydrogens (tertiary/aromatic N) is 1. The molecule has 0 aliphatic carbocycles. The number of fused-ring (bicyclic) bond motifs is 1. The number of ether oxygens (including phenoxy) is 2. The van der Waals surface area contributed by atoms with E-state index in [1.165, 1.54) is 6.07 Å². The molecule has 1 aromatic carbocycles. The highest BCUT2D eigenvalue weighted by Gasteiger charge is 2.16. The molecule has 0 radical (unpaired) electrons. The van der Waals surface area contributed by atoms with Gasteiger partial charge in [-0.05, 0) is 6.07 Å². The van der Waals surface area contributed by atoms with Crippen LogP contribution in [0.25, 0.3) is 6.08 Å². The van der Waals surface area contributed by atoms with Crippen molar-refractivity contribution in [2.24, 2.45) is 0 Å². The van der Waals surface area contributed by atoms with E-state index in [4.69, 9.17) is 9.47 Å². The fourth-order valence-electron chi connectivity index (χ4n) is 1.20. The number of benzene rings is 1. The Morgan fingerprint density at radius 2 is 2.07 bits per heavy atom. The largest absolute Gasteiger partial charge is 0.454 e. The normalized spacial score (nSPS) is 13.4. The Morgan fingerprint density at radius 1 is 1.40 bits per heavy atom. The van der Waals surface area contributed by atoms with Crippen LogP contribution >= 0.6 is 0 Å². The highest BCUT2D eigenvalue weighted by molar-refractivity contribution is 5.56. The van der Waals surface area contributed by atoms with Crippen LogP contribution < -0.4 is 9.47 Å². The minimum Gasteiger partial charge on any atom is -0.454 e. The molecular weight excluding hydrogens is 205 g/mol. The van der Waals surface area contributed by atoms with Crippen molar-refractivity contribution in [3.8, 4) is 11.5 Å². The number of hydrogen-bond acceptors (Lipinski definition) is 4. The molecule has 1 heterocycles. The van der Waals surface area contributed by atoms with E-state index in [0.29, 0.717) is 17.7 Å². The molecule has 2 rings (SSSR count). The van der Waals surface area contributed by atoms with E-state index >= 15 is 0 Å². The van der Waals surface area contributed by atoms with E-state index in [0.717, 1.165) is 12.1 Å². The van der Waals surface area contributed by atoms with E-state index in [-0.39, 0.29) is 12.4 Å². The van der Waals surface area contributed by atoms with Gasteiger partial charge in [0.15, 0.2) is 11.5 Å². The maximum Gasteiger partial charge on any atom is 0.235 e. The third kappa shape index (κ3) is 1.88. The maximum absolute atomic E-state index is 13.3. The Hall–Kier alpha value is -2.11. The van der Waals surface area contributed by atoms with Gasteiger partial charge in [0.2, 0.25) is 13.0 Å².